The lowest BCUT2D eigenvalue weighted by atomic mass is 9.98. The average molecular weight is 404 g/mol. The van der Waals surface area contributed by atoms with E-state index in [0.717, 1.165) is 70.1 Å². The quantitative estimate of drug-likeness (QED) is 0.780. The summed E-state index contributed by atoms with van der Waals surface area (Å²) in [5, 5.41) is 6.73. The van der Waals surface area contributed by atoms with Crippen molar-refractivity contribution in [2.24, 2.45) is 0 Å². The van der Waals surface area contributed by atoms with E-state index in [9.17, 15) is 4.79 Å². The molecule has 2 aromatic heterocycles. The minimum absolute atomic E-state index is 0.0996. The first kappa shape index (κ1) is 19.5. The van der Waals surface area contributed by atoms with Crippen LogP contribution in [0.4, 0.5) is 0 Å². The zero-order chi connectivity index (χ0) is 19.5. The highest BCUT2D eigenvalue weighted by Gasteiger charge is 2.29. The standard InChI is InChI=1S/C20H29N5O2S/c1-14(2)25-19(22-18(23-25)15-6-10-27-11-7-15)16-4-3-8-24(9-5-16)20(26)17-12-21-28-13-17/h12-16H,3-11H2,1-2H3. The lowest BCUT2D eigenvalue weighted by molar-refractivity contribution is 0.0761. The predicted molar refractivity (Wildman–Crippen MR) is 108 cm³/mol. The van der Waals surface area contributed by atoms with Crippen LogP contribution in [0.1, 0.15) is 85.8 Å². The van der Waals surface area contributed by atoms with Gasteiger partial charge in [-0.1, -0.05) is 0 Å². The SMILES string of the molecule is CC(C)n1nc(C2CCOCC2)nc1C1CCCN(C(=O)c2cnsc2)CC1. The molecule has 2 aromatic rings. The molecule has 0 aliphatic carbocycles. The second-order valence-electron chi connectivity index (χ2n) is 8.09. The lowest BCUT2D eigenvalue weighted by Crippen LogP contribution is -2.31. The fourth-order valence-corrected chi connectivity index (χ4v) is 4.70. The summed E-state index contributed by atoms with van der Waals surface area (Å²) in [6, 6.07) is 0.286. The van der Waals surface area contributed by atoms with E-state index in [4.69, 9.17) is 14.8 Å². The molecule has 2 aliphatic rings. The van der Waals surface area contributed by atoms with Gasteiger partial charge >= 0.3 is 0 Å². The van der Waals surface area contributed by atoms with Gasteiger partial charge < -0.3 is 9.64 Å². The molecule has 0 aromatic carbocycles. The van der Waals surface area contributed by atoms with Crippen molar-refractivity contribution >= 4 is 17.4 Å². The summed E-state index contributed by atoms with van der Waals surface area (Å²) in [7, 11) is 0. The molecule has 8 heteroatoms. The second-order valence-corrected chi connectivity index (χ2v) is 8.74. The molecule has 0 N–H and O–H groups in total. The molecule has 2 aliphatic heterocycles. The lowest BCUT2D eigenvalue weighted by Gasteiger charge is -2.20. The first-order valence-electron chi connectivity index (χ1n) is 10.4. The summed E-state index contributed by atoms with van der Waals surface area (Å²) in [6.07, 6.45) is 6.65. The summed E-state index contributed by atoms with van der Waals surface area (Å²) < 4.78 is 11.7. The minimum atomic E-state index is 0.0996. The monoisotopic (exact) mass is 403 g/mol. The van der Waals surface area contributed by atoms with Crippen LogP contribution in [0.15, 0.2) is 11.6 Å². The van der Waals surface area contributed by atoms with Gasteiger partial charge in [-0.15, -0.1) is 0 Å². The Morgan fingerprint density at radius 1 is 1.18 bits per heavy atom. The zero-order valence-electron chi connectivity index (χ0n) is 16.7. The first-order chi connectivity index (χ1) is 13.6. The highest BCUT2D eigenvalue weighted by atomic mass is 32.1. The number of nitrogens with zero attached hydrogens (tertiary/aromatic N) is 5. The molecule has 2 saturated heterocycles. The van der Waals surface area contributed by atoms with Gasteiger partial charge in [0, 0.05) is 49.6 Å². The third-order valence-corrected chi connectivity index (χ3v) is 6.40. The van der Waals surface area contributed by atoms with Gasteiger partial charge in [-0.05, 0) is 57.5 Å². The van der Waals surface area contributed by atoms with Crippen LogP contribution in [0.25, 0.3) is 0 Å². The van der Waals surface area contributed by atoms with Crippen LogP contribution in [0.2, 0.25) is 0 Å². The van der Waals surface area contributed by atoms with Gasteiger partial charge in [0.05, 0.1) is 11.8 Å². The van der Waals surface area contributed by atoms with Gasteiger partial charge in [0.2, 0.25) is 0 Å². The van der Waals surface area contributed by atoms with Crippen molar-refractivity contribution in [1.82, 2.24) is 24.0 Å². The number of ether oxygens (including phenoxy) is 1. The molecule has 152 valence electrons. The number of likely N-dealkylation sites (tertiary alicyclic amines) is 1. The minimum Gasteiger partial charge on any atom is -0.381 e. The Hall–Kier alpha value is -1.80. The van der Waals surface area contributed by atoms with Crippen molar-refractivity contribution in [2.45, 2.75) is 63.8 Å². The van der Waals surface area contributed by atoms with Gasteiger partial charge in [-0.3, -0.25) is 4.79 Å². The number of carbonyl (C=O) groups is 1. The van der Waals surface area contributed by atoms with Crippen LogP contribution in [0.3, 0.4) is 0 Å². The van der Waals surface area contributed by atoms with Crippen molar-refractivity contribution in [2.75, 3.05) is 26.3 Å². The number of carbonyl (C=O) groups excluding carboxylic acids is 1. The Labute approximate surface area is 170 Å². The summed E-state index contributed by atoms with van der Waals surface area (Å²) in [5.41, 5.74) is 0.704. The number of hydrogen-bond donors (Lipinski definition) is 0. The van der Waals surface area contributed by atoms with E-state index in [2.05, 4.69) is 22.9 Å². The molecule has 1 unspecified atom stereocenters. The molecule has 1 amide bonds. The Bertz CT molecular complexity index is 783. The van der Waals surface area contributed by atoms with E-state index >= 15 is 0 Å². The van der Waals surface area contributed by atoms with E-state index < -0.39 is 0 Å². The van der Waals surface area contributed by atoms with Crippen LogP contribution in [0, 0.1) is 0 Å². The molecule has 7 nitrogen and oxygen atoms in total. The number of hydrogen-bond acceptors (Lipinski definition) is 6. The molecule has 0 radical (unpaired) electrons. The van der Waals surface area contributed by atoms with Gasteiger partial charge in [-0.25, -0.2) is 14.0 Å². The van der Waals surface area contributed by atoms with Gasteiger partial charge in [0.15, 0.2) is 5.82 Å². The molecule has 4 heterocycles. The van der Waals surface area contributed by atoms with E-state index in [1.165, 1.54) is 11.5 Å². The van der Waals surface area contributed by atoms with Crippen molar-refractivity contribution < 1.29 is 9.53 Å². The molecule has 2 fully saturated rings. The van der Waals surface area contributed by atoms with Crippen molar-refractivity contribution in [3.05, 3.63) is 28.8 Å². The molecule has 0 bridgehead atoms. The van der Waals surface area contributed by atoms with E-state index in [-0.39, 0.29) is 11.9 Å². The van der Waals surface area contributed by atoms with Crippen LogP contribution in [-0.2, 0) is 4.74 Å². The highest BCUT2D eigenvalue weighted by Crippen LogP contribution is 2.32. The molecule has 0 spiro atoms. The Balaban J connectivity index is 1.50. The van der Waals surface area contributed by atoms with Crippen LogP contribution in [-0.4, -0.2) is 56.2 Å². The maximum absolute atomic E-state index is 12.7. The van der Waals surface area contributed by atoms with Gasteiger partial charge in [0.1, 0.15) is 5.82 Å². The molecule has 1 atom stereocenters. The maximum atomic E-state index is 12.7. The molecule has 28 heavy (non-hydrogen) atoms. The topological polar surface area (TPSA) is 73.1 Å². The summed E-state index contributed by atoms with van der Waals surface area (Å²) in [6.45, 7) is 7.50. The van der Waals surface area contributed by atoms with Gasteiger partial charge in [-0.2, -0.15) is 5.10 Å². The highest BCUT2D eigenvalue weighted by molar-refractivity contribution is 7.03. The van der Waals surface area contributed by atoms with E-state index in [0.29, 0.717) is 17.4 Å². The smallest absolute Gasteiger partial charge is 0.256 e. The Morgan fingerprint density at radius 3 is 2.71 bits per heavy atom. The Morgan fingerprint density at radius 2 is 2.00 bits per heavy atom. The van der Waals surface area contributed by atoms with Crippen LogP contribution in [0.5, 0.6) is 0 Å². The molecular formula is C20H29N5O2S. The molecular weight excluding hydrogens is 374 g/mol. The third-order valence-electron chi connectivity index (χ3n) is 5.81. The average Bonchev–Trinajstić information content (AvgIpc) is 3.34. The van der Waals surface area contributed by atoms with Crippen molar-refractivity contribution in [3.8, 4) is 0 Å². The zero-order valence-corrected chi connectivity index (χ0v) is 17.5. The van der Waals surface area contributed by atoms with Crippen LogP contribution < -0.4 is 0 Å². The first-order valence-corrected chi connectivity index (χ1v) is 11.2. The van der Waals surface area contributed by atoms with Crippen molar-refractivity contribution in [1.29, 1.82) is 0 Å². The van der Waals surface area contributed by atoms with Crippen LogP contribution >= 0.6 is 11.5 Å². The number of rotatable bonds is 4. The normalized spacial score (nSPS) is 21.8. The van der Waals surface area contributed by atoms with E-state index in [1.807, 2.05) is 10.3 Å². The number of aromatic nitrogens is 4. The molecule has 0 saturated carbocycles. The summed E-state index contributed by atoms with van der Waals surface area (Å²) in [4.78, 5) is 19.7. The van der Waals surface area contributed by atoms with Crippen molar-refractivity contribution in [3.63, 3.8) is 0 Å². The number of amides is 1. The summed E-state index contributed by atoms with van der Waals surface area (Å²) >= 11 is 1.33. The van der Waals surface area contributed by atoms with Gasteiger partial charge in [0.25, 0.3) is 5.91 Å². The second kappa shape index (κ2) is 8.69. The maximum Gasteiger partial charge on any atom is 0.256 e. The van der Waals surface area contributed by atoms with E-state index in [1.54, 1.807) is 6.20 Å². The third kappa shape index (κ3) is 4.12. The fourth-order valence-electron chi connectivity index (χ4n) is 4.19. The fraction of sp³-hybridized carbons (Fsp3) is 0.700. The Kier molecular flexibility index (Phi) is 6.06. The summed E-state index contributed by atoms with van der Waals surface area (Å²) in [5.74, 6) is 2.93. The predicted octanol–water partition coefficient (Wildman–Crippen LogP) is 3.62. The largest absolute Gasteiger partial charge is 0.381 e. The molecule has 4 rings (SSSR count).